The minimum absolute atomic E-state index is 0.00375. The maximum absolute atomic E-state index is 13.0. The van der Waals surface area contributed by atoms with Crippen molar-refractivity contribution in [2.45, 2.75) is 25.9 Å². The summed E-state index contributed by atoms with van der Waals surface area (Å²) in [6.45, 7) is 2.80. The maximum Gasteiger partial charge on any atom is 0.250 e. The summed E-state index contributed by atoms with van der Waals surface area (Å²) in [6, 6.07) is 10.8. The first kappa shape index (κ1) is 15.3. The van der Waals surface area contributed by atoms with Crippen LogP contribution in [0.1, 0.15) is 29.9 Å². The first-order valence-electron chi connectivity index (χ1n) is 7.76. The Labute approximate surface area is 135 Å². The fourth-order valence-corrected chi connectivity index (χ4v) is 3.09. The van der Waals surface area contributed by atoms with Crippen LogP contribution in [0.4, 0.5) is 0 Å². The molecule has 2 aromatic rings. The number of furan rings is 1. The zero-order valence-electron chi connectivity index (χ0n) is 13.4. The molecule has 2 heterocycles. The van der Waals surface area contributed by atoms with Crippen LogP contribution < -0.4 is 0 Å². The highest BCUT2D eigenvalue weighted by atomic mass is 16.3. The van der Waals surface area contributed by atoms with Gasteiger partial charge in [0.2, 0.25) is 11.8 Å². The van der Waals surface area contributed by atoms with E-state index >= 15 is 0 Å². The zero-order valence-corrected chi connectivity index (χ0v) is 13.4. The molecule has 0 radical (unpaired) electrons. The Hall–Kier alpha value is -2.56. The minimum Gasteiger partial charge on any atom is -0.467 e. The highest BCUT2D eigenvalue weighted by Gasteiger charge is 2.37. The Morgan fingerprint density at radius 2 is 2.09 bits per heavy atom. The lowest BCUT2D eigenvalue weighted by molar-refractivity contribution is -0.146. The molecule has 0 saturated heterocycles. The monoisotopic (exact) mass is 312 g/mol. The van der Waals surface area contributed by atoms with Gasteiger partial charge < -0.3 is 14.2 Å². The van der Waals surface area contributed by atoms with Crippen LogP contribution in [-0.2, 0) is 22.6 Å². The molecule has 1 aliphatic heterocycles. The van der Waals surface area contributed by atoms with Crippen molar-refractivity contribution < 1.29 is 14.0 Å². The Morgan fingerprint density at radius 1 is 1.30 bits per heavy atom. The summed E-state index contributed by atoms with van der Waals surface area (Å²) >= 11 is 0. The van der Waals surface area contributed by atoms with Crippen molar-refractivity contribution in [3.8, 4) is 0 Å². The summed E-state index contributed by atoms with van der Waals surface area (Å²) in [4.78, 5) is 28.6. The predicted octanol–water partition coefficient (Wildman–Crippen LogP) is 2.38. The van der Waals surface area contributed by atoms with Gasteiger partial charge in [0, 0.05) is 13.6 Å². The van der Waals surface area contributed by atoms with Crippen molar-refractivity contribution in [2.75, 3.05) is 13.6 Å². The van der Waals surface area contributed by atoms with E-state index in [-0.39, 0.29) is 11.8 Å². The van der Waals surface area contributed by atoms with Gasteiger partial charge in [-0.3, -0.25) is 9.59 Å². The number of hydrogen-bond acceptors (Lipinski definition) is 3. The first-order valence-corrected chi connectivity index (χ1v) is 7.76. The topological polar surface area (TPSA) is 53.8 Å². The predicted molar refractivity (Wildman–Crippen MR) is 85.5 cm³/mol. The van der Waals surface area contributed by atoms with Gasteiger partial charge in [0.15, 0.2) is 0 Å². The molecule has 0 N–H and O–H groups in total. The van der Waals surface area contributed by atoms with E-state index in [0.717, 1.165) is 16.9 Å². The molecule has 0 fully saturated rings. The molecule has 2 amide bonds. The molecule has 1 atom stereocenters. The number of nitrogens with zero attached hydrogens (tertiary/aromatic N) is 2. The normalized spacial score (nSPS) is 17.0. The van der Waals surface area contributed by atoms with E-state index in [1.165, 1.54) is 0 Å². The quantitative estimate of drug-likeness (QED) is 0.871. The summed E-state index contributed by atoms with van der Waals surface area (Å²) in [5.41, 5.74) is 1.86. The van der Waals surface area contributed by atoms with Crippen molar-refractivity contribution >= 4 is 11.8 Å². The summed E-state index contributed by atoms with van der Waals surface area (Å²) in [7, 11) is 1.74. The van der Waals surface area contributed by atoms with E-state index in [4.69, 9.17) is 4.42 Å². The second-order valence-corrected chi connectivity index (χ2v) is 5.73. The first-order chi connectivity index (χ1) is 11.1. The number of hydrogen-bond donors (Lipinski definition) is 0. The van der Waals surface area contributed by atoms with Gasteiger partial charge in [-0.15, -0.1) is 0 Å². The van der Waals surface area contributed by atoms with Crippen LogP contribution in [0.2, 0.25) is 0 Å². The fourth-order valence-electron chi connectivity index (χ4n) is 3.09. The van der Waals surface area contributed by atoms with Crippen LogP contribution in [0.25, 0.3) is 0 Å². The molecular weight excluding hydrogens is 292 g/mol. The molecule has 0 bridgehead atoms. The van der Waals surface area contributed by atoms with Gasteiger partial charge in [0.25, 0.3) is 0 Å². The van der Waals surface area contributed by atoms with Crippen molar-refractivity contribution in [1.82, 2.24) is 9.80 Å². The fraction of sp³-hybridized carbons (Fsp3) is 0.333. The van der Waals surface area contributed by atoms with Gasteiger partial charge in [-0.2, -0.15) is 0 Å². The third-order valence-electron chi connectivity index (χ3n) is 4.25. The Morgan fingerprint density at radius 3 is 2.78 bits per heavy atom. The molecule has 3 rings (SSSR count). The maximum atomic E-state index is 13.0. The second kappa shape index (κ2) is 6.28. The number of fused-ring (bicyclic) bond motifs is 1. The van der Waals surface area contributed by atoms with Gasteiger partial charge in [-0.25, -0.2) is 0 Å². The van der Waals surface area contributed by atoms with Gasteiger partial charge in [0.1, 0.15) is 11.8 Å². The van der Waals surface area contributed by atoms with Gasteiger partial charge in [-0.1, -0.05) is 24.3 Å². The summed E-state index contributed by atoms with van der Waals surface area (Å²) in [6.07, 6.45) is 1.95. The molecule has 5 nitrogen and oxygen atoms in total. The molecule has 1 aromatic carbocycles. The van der Waals surface area contributed by atoms with E-state index < -0.39 is 6.04 Å². The van der Waals surface area contributed by atoms with Crippen LogP contribution in [0, 0.1) is 0 Å². The average Bonchev–Trinajstić information content (AvgIpc) is 3.05. The molecule has 23 heavy (non-hydrogen) atoms. The SMILES string of the molecule is CCN1C(=O)Cc2ccccc2[C@H]1C(=O)N(C)Cc1ccco1. The number of carbonyl (C=O) groups is 2. The van der Waals surface area contributed by atoms with E-state index in [1.54, 1.807) is 29.2 Å². The zero-order chi connectivity index (χ0) is 16.4. The Balaban J connectivity index is 1.91. The summed E-state index contributed by atoms with van der Waals surface area (Å²) in [5.74, 6) is 0.624. The largest absolute Gasteiger partial charge is 0.467 e. The molecule has 5 heteroatoms. The molecular formula is C18H20N2O3. The van der Waals surface area contributed by atoms with Crippen LogP contribution in [0.3, 0.4) is 0 Å². The van der Waals surface area contributed by atoms with Gasteiger partial charge >= 0.3 is 0 Å². The lowest BCUT2D eigenvalue weighted by atomic mass is 9.91. The number of rotatable bonds is 4. The molecule has 0 unspecified atom stereocenters. The van der Waals surface area contributed by atoms with E-state index in [9.17, 15) is 9.59 Å². The highest BCUT2D eigenvalue weighted by molar-refractivity contribution is 5.92. The molecule has 1 aromatic heterocycles. The lowest BCUT2D eigenvalue weighted by Crippen LogP contribution is -2.47. The standard InChI is InChI=1S/C18H20N2O3/c1-3-20-16(21)11-13-7-4-5-9-15(13)17(20)18(22)19(2)12-14-8-6-10-23-14/h4-10,17H,3,11-12H2,1-2H3/t17-/m0/s1. The number of likely N-dealkylation sites (N-methyl/N-ethyl adjacent to an activating group) is 2. The molecule has 0 aliphatic carbocycles. The van der Waals surface area contributed by atoms with Crippen molar-refractivity contribution in [2.24, 2.45) is 0 Å². The third-order valence-corrected chi connectivity index (χ3v) is 4.25. The van der Waals surface area contributed by atoms with E-state index in [1.807, 2.05) is 37.3 Å². The minimum atomic E-state index is -0.558. The van der Waals surface area contributed by atoms with E-state index in [0.29, 0.717) is 19.5 Å². The van der Waals surface area contributed by atoms with Crippen LogP contribution in [0.15, 0.2) is 47.1 Å². The van der Waals surface area contributed by atoms with Gasteiger partial charge in [-0.05, 0) is 30.2 Å². The molecule has 0 spiro atoms. The van der Waals surface area contributed by atoms with Crippen molar-refractivity contribution in [1.29, 1.82) is 0 Å². The van der Waals surface area contributed by atoms with Crippen molar-refractivity contribution in [3.63, 3.8) is 0 Å². The van der Waals surface area contributed by atoms with Crippen LogP contribution in [-0.4, -0.2) is 35.2 Å². The summed E-state index contributed by atoms with van der Waals surface area (Å²) in [5, 5.41) is 0. The number of carbonyl (C=O) groups excluding carboxylic acids is 2. The highest BCUT2D eigenvalue weighted by Crippen LogP contribution is 2.31. The number of benzene rings is 1. The van der Waals surface area contributed by atoms with Crippen LogP contribution in [0.5, 0.6) is 0 Å². The number of amides is 2. The Kier molecular flexibility index (Phi) is 4.19. The van der Waals surface area contributed by atoms with Crippen LogP contribution >= 0.6 is 0 Å². The summed E-state index contributed by atoms with van der Waals surface area (Å²) < 4.78 is 5.31. The molecule has 0 saturated carbocycles. The van der Waals surface area contributed by atoms with Gasteiger partial charge in [0.05, 0.1) is 19.2 Å². The second-order valence-electron chi connectivity index (χ2n) is 5.73. The lowest BCUT2D eigenvalue weighted by Gasteiger charge is -2.37. The van der Waals surface area contributed by atoms with E-state index in [2.05, 4.69) is 0 Å². The third kappa shape index (κ3) is 2.86. The van der Waals surface area contributed by atoms with Crippen molar-refractivity contribution in [3.05, 3.63) is 59.5 Å². The Bertz CT molecular complexity index is 709. The smallest absolute Gasteiger partial charge is 0.250 e. The molecule has 120 valence electrons. The molecule has 1 aliphatic rings. The average molecular weight is 312 g/mol.